The summed E-state index contributed by atoms with van der Waals surface area (Å²) in [4.78, 5) is 31.8. The number of hydrogen-bond acceptors (Lipinski definition) is 3. The third kappa shape index (κ3) is 2.58. The maximum atomic E-state index is 12.8. The lowest BCUT2D eigenvalue weighted by atomic mass is 9.70. The SMILES string of the molecule is [C-]#[N+]C1([N+]#[C-])CC2=C(COC(C)=O)C(=O)CC2=C(CC)[C@@H]2C1=C[C@H]1C=CC2C1. The number of nitrogens with zero attached hydrogens (tertiary/aromatic N) is 2. The largest absolute Gasteiger partial charge is 0.510 e. The normalized spacial score (nSPS) is 29.5. The van der Waals surface area contributed by atoms with Crippen LogP contribution < -0.4 is 0 Å². The van der Waals surface area contributed by atoms with E-state index in [4.69, 9.17) is 17.9 Å². The Kier molecular flexibility index (Phi) is 4.35. The quantitative estimate of drug-likeness (QED) is 0.422. The van der Waals surface area contributed by atoms with E-state index in [2.05, 4.69) is 34.8 Å². The van der Waals surface area contributed by atoms with Gasteiger partial charge in [-0.15, -0.1) is 0 Å². The topological polar surface area (TPSA) is 52.1 Å². The Morgan fingerprint density at radius 2 is 2.04 bits per heavy atom. The predicted octanol–water partition coefficient (Wildman–Crippen LogP) is 4.21. The van der Waals surface area contributed by atoms with Gasteiger partial charge in [-0.1, -0.05) is 30.7 Å². The van der Waals surface area contributed by atoms with E-state index in [-0.39, 0.29) is 43.0 Å². The molecule has 5 nitrogen and oxygen atoms in total. The number of carbonyl (C=O) groups excluding carboxylic acids is 2. The molecule has 0 spiro atoms. The van der Waals surface area contributed by atoms with Gasteiger partial charge in [0, 0.05) is 24.8 Å². The van der Waals surface area contributed by atoms with Gasteiger partial charge in [0.05, 0.1) is 0 Å². The molecule has 0 aliphatic heterocycles. The van der Waals surface area contributed by atoms with Crippen LogP contribution in [0.25, 0.3) is 9.69 Å². The number of carbonyl (C=O) groups is 2. The number of fused-ring (bicyclic) bond motifs is 5. The van der Waals surface area contributed by atoms with Crippen molar-refractivity contribution in [3.63, 3.8) is 0 Å². The number of Topliss-reactive ketones (excluding diaryl/α,β-unsaturated/α-hetero) is 1. The second-order valence-corrected chi connectivity index (χ2v) is 7.96. The standard InChI is InChI=1S/C23H22N2O3/c1-5-16-17-10-21(27)19(12-28-13(2)26)18(17)11-23(24-3,25-4)20-9-14-6-7-15(8-14)22(16)20/h6-7,9,14-15,22H,5,8,10-12H2,1-2H3/t14-,15?,22+/m0/s1. The van der Waals surface area contributed by atoms with Gasteiger partial charge in [0.25, 0.3) is 0 Å². The second kappa shape index (κ2) is 6.60. The van der Waals surface area contributed by atoms with E-state index >= 15 is 0 Å². The number of ketones is 1. The number of allylic oxidation sites excluding steroid dienone is 5. The molecule has 0 aromatic carbocycles. The molecular formula is C23H22N2O3. The van der Waals surface area contributed by atoms with Crippen LogP contribution in [0.2, 0.25) is 0 Å². The van der Waals surface area contributed by atoms with Gasteiger partial charge in [0.15, 0.2) is 5.78 Å². The zero-order valence-corrected chi connectivity index (χ0v) is 16.1. The monoisotopic (exact) mass is 374 g/mol. The van der Waals surface area contributed by atoms with E-state index in [0.717, 1.165) is 29.6 Å². The van der Waals surface area contributed by atoms with E-state index < -0.39 is 11.6 Å². The fourth-order valence-corrected chi connectivity index (χ4v) is 5.31. The lowest BCUT2D eigenvalue weighted by molar-refractivity contribution is -0.140. The van der Waals surface area contributed by atoms with Crippen molar-refractivity contribution in [3.8, 4) is 0 Å². The third-order valence-corrected chi connectivity index (χ3v) is 6.53. The smallest absolute Gasteiger partial charge is 0.461 e. The zero-order valence-electron chi connectivity index (χ0n) is 16.1. The first-order valence-corrected chi connectivity index (χ1v) is 9.72. The van der Waals surface area contributed by atoms with Crippen LogP contribution >= 0.6 is 0 Å². The minimum atomic E-state index is -1.32. The Bertz CT molecular complexity index is 966. The maximum Gasteiger partial charge on any atom is 0.510 e. The van der Waals surface area contributed by atoms with Crippen LogP contribution in [0, 0.1) is 30.9 Å². The highest BCUT2D eigenvalue weighted by atomic mass is 16.5. The molecule has 0 aromatic rings. The van der Waals surface area contributed by atoms with Crippen molar-refractivity contribution in [1.82, 2.24) is 0 Å². The Hall–Kier alpha value is -2.92. The highest BCUT2D eigenvalue weighted by molar-refractivity contribution is 6.03. The van der Waals surface area contributed by atoms with Crippen LogP contribution in [0.4, 0.5) is 0 Å². The summed E-state index contributed by atoms with van der Waals surface area (Å²) in [6.07, 6.45) is 8.80. The summed E-state index contributed by atoms with van der Waals surface area (Å²) in [5, 5.41) is 0. The summed E-state index contributed by atoms with van der Waals surface area (Å²) in [7, 11) is 0. The minimum absolute atomic E-state index is 0.0107. The minimum Gasteiger partial charge on any atom is -0.461 e. The van der Waals surface area contributed by atoms with Crippen molar-refractivity contribution >= 4 is 11.8 Å². The van der Waals surface area contributed by atoms with Crippen LogP contribution in [0.5, 0.6) is 0 Å². The average molecular weight is 374 g/mol. The summed E-state index contributed by atoms with van der Waals surface area (Å²) < 4.78 is 5.14. The molecule has 0 saturated carbocycles. The molecule has 5 heteroatoms. The van der Waals surface area contributed by atoms with Crippen LogP contribution in [0.15, 0.2) is 46.1 Å². The lowest BCUT2D eigenvalue weighted by Crippen LogP contribution is -2.33. The molecule has 0 amide bonds. The summed E-state index contributed by atoms with van der Waals surface area (Å²) in [5.74, 6) is 0.0856. The molecule has 0 N–H and O–H groups in total. The molecule has 142 valence electrons. The molecule has 0 radical (unpaired) electrons. The molecule has 0 fully saturated rings. The number of ether oxygens (including phenoxy) is 1. The summed E-state index contributed by atoms with van der Waals surface area (Å²) >= 11 is 0. The molecule has 0 heterocycles. The molecule has 28 heavy (non-hydrogen) atoms. The van der Waals surface area contributed by atoms with E-state index in [1.165, 1.54) is 12.5 Å². The van der Waals surface area contributed by atoms with Gasteiger partial charge in [-0.3, -0.25) is 9.59 Å². The van der Waals surface area contributed by atoms with Crippen molar-refractivity contribution in [1.29, 1.82) is 0 Å². The van der Waals surface area contributed by atoms with E-state index in [1.807, 2.05) is 0 Å². The van der Waals surface area contributed by atoms with E-state index in [9.17, 15) is 9.59 Å². The zero-order chi connectivity index (χ0) is 20.1. The van der Waals surface area contributed by atoms with Crippen molar-refractivity contribution in [3.05, 3.63) is 68.9 Å². The van der Waals surface area contributed by atoms with Gasteiger partial charge in [-0.05, 0) is 35.8 Å². The summed E-state index contributed by atoms with van der Waals surface area (Å²) in [6, 6.07) is 0. The molecule has 0 saturated heterocycles. The predicted molar refractivity (Wildman–Crippen MR) is 103 cm³/mol. The molecular weight excluding hydrogens is 352 g/mol. The first kappa shape index (κ1) is 18.4. The Morgan fingerprint density at radius 3 is 2.68 bits per heavy atom. The highest BCUT2D eigenvalue weighted by Crippen LogP contribution is 2.56. The second-order valence-electron chi connectivity index (χ2n) is 7.96. The first-order chi connectivity index (χ1) is 13.4. The molecule has 2 bridgehead atoms. The molecule has 3 atom stereocenters. The average Bonchev–Trinajstić information content (AvgIpc) is 3.17. The number of rotatable bonds is 3. The first-order valence-electron chi connectivity index (χ1n) is 9.72. The third-order valence-electron chi connectivity index (χ3n) is 6.53. The van der Waals surface area contributed by atoms with Gasteiger partial charge in [0.1, 0.15) is 18.6 Å². The molecule has 1 unspecified atom stereocenters. The van der Waals surface area contributed by atoms with Crippen LogP contribution in [-0.4, -0.2) is 24.0 Å². The fraction of sp³-hybridized carbons (Fsp3) is 0.478. The lowest BCUT2D eigenvalue weighted by Gasteiger charge is -2.31. The van der Waals surface area contributed by atoms with Gasteiger partial charge < -0.3 is 4.74 Å². The van der Waals surface area contributed by atoms with Crippen LogP contribution in [0.3, 0.4) is 0 Å². The van der Waals surface area contributed by atoms with Gasteiger partial charge >= 0.3 is 11.6 Å². The number of hydrogen-bond donors (Lipinski definition) is 0. The Morgan fingerprint density at radius 1 is 1.29 bits per heavy atom. The highest BCUT2D eigenvalue weighted by Gasteiger charge is 2.59. The molecule has 4 aliphatic carbocycles. The Balaban J connectivity index is 1.95. The summed E-state index contributed by atoms with van der Waals surface area (Å²) in [6.45, 7) is 19.2. The maximum absolute atomic E-state index is 12.8. The van der Waals surface area contributed by atoms with Gasteiger partial charge in [-0.2, -0.15) is 0 Å². The molecule has 4 aliphatic rings. The van der Waals surface area contributed by atoms with Crippen LogP contribution in [-0.2, 0) is 14.3 Å². The fourth-order valence-electron chi connectivity index (χ4n) is 5.31. The van der Waals surface area contributed by atoms with Gasteiger partial charge in [-0.25, -0.2) is 22.8 Å². The van der Waals surface area contributed by atoms with Crippen molar-refractivity contribution in [2.45, 2.75) is 45.2 Å². The number of esters is 1. The Labute approximate surface area is 165 Å². The van der Waals surface area contributed by atoms with E-state index in [1.54, 1.807) is 0 Å². The van der Waals surface area contributed by atoms with E-state index in [0.29, 0.717) is 5.57 Å². The van der Waals surface area contributed by atoms with Crippen molar-refractivity contribution < 1.29 is 14.3 Å². The van der Waals surface area contributed by atoms with Gasteiger partial charge in [0.2, 0.25) is 0 Å². The molecule has 4 rings (SSSR count). The summed E-state index contributed by atoms with van der Waals surface area (Å²) in [5.41, 5.74) is 2.99. The van der Waals surface area contributed by atoms with Crippen molar-refractivity contribution in [2.24, 2.45) is 17.8 Å². The van der Waals surface area contributed by atoms with Crippen molar-refractivity contribution in [2.75, 3.05) is 6.61 Å². The van der Waals surface area contributed by atoms with Crippen LogP contribution in [0.1, 0.15) is 39.5 Å². The molecule has 0 aromatic heterocycles.